The minimum absolute atomic E-state index is 0.0708. The van der Waals surface area contributed by atoms with Crippen LogP contribution in [0.4, 0.5) is 5.82 Å². The van der Waals surface area contributed by atoms with E-state index in [1.54, 1.807) is 23.1 Å². The fourth-order valence-electron chi connectivity index (χ4n) is 3.81. The Balaban J connectivity index is 1.33. The molecule has 2 aliphatic rings. The first-order valence-corrected chi connectivity index (χ1v) is 9.85. The van der Waals surface area contributed by atoms with E-state index in [4.69, 9.17) is 16.0 Å². The van der Waals surface area contributed by atoms with E-state index in [2.05, 4.69) is 15.1 Å². The molecule has 2 saturated heterocycles. The number of carbonyl (C=O) groups is 2. The molecule has 0 aliphatic carbocycles. The predicted molar refractivity (Wildman–Crippen MR) is 103 cm³/mol. The summed E-state index contributed by atoms with van der Waals surface area (Å²) in [5.74, 6) is 1.04. The van der Waals surface area contributed by atoms with Gasteiger partial charge in [0.2, 0.25) is 5.91 Å². The minimum Gasteiger partial charge on any atom is -0.459 e. The fraction of sp³-hybridized carbons (Fsp3) is 0.474. The third-order valence-corrected chi connectivity index (χ3v) is 5.52. The van der Waals surface area contributed by atoms with Crippen LogP contribution in [-0.4, -0.2) is 71.1 Å². The Labute approximate surface area is 168 Å². The maximum Gasteiger partial charge on any atom is 0.289 e. The van der Waals surface area contributed by atoms with Crippen LogP contribution in [0.5, 0.6) is 0 Å². The van der Waals surface area contributed by atoms with Crippen LogP contribution < -0.4 is 4.90 Å². The predicted octanol–water partition coefficient (Wildman–Crippen LogP) is 1.92. The zero-order chi connectivity index (χ0) is 19.5. The van der Waals surface area contributed by atoms with Crippen molar-refractivity contribution in [1.29, 1.82) is 0 Å². The minimum atomic E-state index is -0.123. The number of furan rings is 1. The summed E-state index contributed by atoms with van der Waals surface area (Å²) in [5, 5.41) is 8.38. The van der Waals surface area contributed by atoms with Gasteiger partial charge in [-0.1, -0.05) is 11.6 Å². The van der Waals surface area contributed by atoms with E-state index in [0.717, 1.165) is 25.2 Å². The highest BCUT2D eigenvalue weighted by molar-refractivity contribution is 6.29. The van der Waals surface area contributed by atoms with Crippen LogP contribution in [0.2, 0.25) is 5.15 Å². The van der Waals surface area contributed by atoms with Gasteiger partial charge in [0.1, 0.15) is 0 Å². The fourth-order valence-corrected chi connectivity index (χ4v) is 3.91. The molecule has 4 heterocycles. The van der Waals surface area contributed by atoms with E-state index in [-0.39, 0.29) is 17.7 Å². The Hall–Kier alpha value is -2.61. The first-order chi connectivity index (χ1) is 13.6. The number of aromatic nitrogens is 2. The molecule has 2 fully saturated rings. The van der Waals surface area contributed by atoms with Gasteiger partial charge in [0.25, 0.3) is 5.91 Å². The molecule has 8 nitrogen and oxygen atoms in total. The zero-order valence-corrected chi connectivity index (χ0v) is 16.2. The Kier molecular flexibility index (Phi) is 5.47. The van der Waals surface area contributed by atoms with Gasteiger partial charge in [-0.2, -0.15) is 0 Å². The van der Waals surface area contributed by atoms with Crippen LogP contribution in [0.25, 0.3) is 0 Å². The molecule has 2 amide bonds. The Morgan fingerprint density at radius 1 is 1.04 bits per heavy atom. The van der Waals surface area contributed by atoms with Crippen LogP contribution >= 0.6 is 11.6 Å². The lowest BCUT2D eigenvalue weighted by Crippen LogP contribution is -2.53. The van der Waals surface area contributed by atoms with E-state index in [9.17, 15) is 9.59 Å². The second-order valence-electron chi connectivity index (χ2n) is 7.09. The molecular weight excluding hydrogens is 382 g/mol. The maximum atomic E-state index is 13.0. The standard InChI is InChI=1S/C19H22ClN5O3/c20-16-5-6-17(22-21-16)25-7-1-3-14(13-25)18(26)23-8-10-24(11-9-23)19(27)15-4-2-12-28-15/h2,4-6,12,14H,1,3,7-11,13H2/t14-/m0/s1. The van der Waals surface area contributed by atoms with Gasteiger partial charge in [-0.05, 0) is 37.1 Å². The van der Waals surface area contributed by atoms with Gasteiger partial charge in [0, 0.05) is 39.3 Å². The summed E-state index contributed by atoms with van der Waals surface area (Å²) in [6.07, 6.45) is 3.28. The van der Waals surface area contributed by atoms with Crippen molar-refractivity contribution in [3.63, 3.8) is 0 Å². The van der Waals surface area contributed by atoms with Crippen LogP contribution in [0.1, 0.15) is 23.4 Å². The Morgan fingerprint density at radius 2 is 1.82 bits per heavy atom. The number of piperazine rings is 1. The normalized spacial score (nSPS) is 20.3. The molecule has 148 valence electrons. The molecular formula is C19H22ClN5O3. The van der Waals surface area contributed by atoms with Crippen molar-refractivity contribution in [1.82, 2.24) is 20.0 Å². The van der Waals surface area contributed by atoms with E-state index >= 15 is 0 Å². The van der Waals surface area contributed by atoms with Gasteiger partial charge >= 0.3 is 0 Å². The van der Waals surface area contributed by atoms with Crippen molar-refractivity contribution in [2.24, 2.45) is 5.92 Å². The number of halogens is 1. The van der Waals surface area contributed by atoms with Crippen LogP contribution in [-0.2, 0) is 4.79 Å². The number of rotatable bonds is 3. The summed E-state index contributed by atoms with van der Waals surface area (Å²) in [7, 11) is 0. The average Bonchev–Trinajstić information content (AvgIpc) is 3.28. The molecule has 4 rings (SSSR count). The molecule has 0 unspecified atom stereocenters. The summed E-state index contributed by atoms with van der Waals surface area (Å²) in [6, 6.07) is 6.91. The number of hydrogen-bond acceptors (Lipinski definition) is 6. The van der Waals surface area contributed by atoms with Gasteiger partial charge in [0.15, 0.2) is 16.7 Å². The highest BCUT2D eigenvalue weighted by atomic mass is 35.5. The second-order valence-corrected chi connectivity index (χ2v) is 7.48. The molecule has 2 aromatic rings. The topological polar surface area (TPSA) is 82.8 Å². The molecule has 2 aromatic heterocycles. The van der Waals surface area contributed by atoms with E-state index < -0.39 is 0 Å². The summed E-state index contributed by atoms with van der Waals surface area (Å²) in [5.41, 5.74) is 0. The average molecular weight is 404 g/mol. The third kappa shape index (κ3) is 3.96. The molecule has 0 saturated carbocycles. The number of hydrogen-bond donors (Lipinski definition) is 0. The highest BCUT2D eigenvalue weighted by Gasteiger charge is 2.32. The molecule has 28 heavy (non-hydrogen) atoms. The zero-order valence-electron chi connectivity index (χ0n) is 15.5. The first-order valence-electron chi connectivity index (χ1n) is 9.47. The lowest BCUT2D eigenvalue weighted by Gasteiger charge is -2.39. The van der Waals surface area contributed by atoms with Crippen molar-refractivity contribution in [2.45, 2.75) is 12.8 Å². The van der Waals surface area contributed by atoms with Crippen LogP contribution in [0.15, 0.2) is 34.9 Å². The van der Waals surface area contributed by atoms with Crippen molar-refractivity contribution in [3.8, 4) is 0 Å². The van der Waals surface area contributed by atoms with Crippen molar-refractivity contribution in [3.05, 3.63) is 41.4 Å². The lowest BCUT2D eigenvalue weighted by atomic mass is 9.96. The van der Waals surface area contributed by atoms with Crippen molar-refractivity contribution >= 4 is 29.2 Å². The van der Waals surface area contributed by atoms with Crippen molar-refractivity contribution in [2.75, 3.05) is 44.2 Å². The summed E-state index contributed by atoms with van der Waals surface area (Å²) in [4.78, 5) is 31.1. The third-order valence-electron chi connectivity index (χ3n) is 5.32. The molecule has 0 spiro atoms. The van der Waals surface area contributed by atoms with Crippen LogP contribution in [0, 0.1) is 5.92 Å². The number of carbonyl (C=O) groups excluding carboxylic acids is 2. The van der Waals surface area contributed by atoms with Gasteiger partial charge in [-0.3, -0.25) is 9.59 Å². The monoisotopic (exact) mass is 403 g/mol. The number of piperidine rings is 1. The van der Waals surface area contributed by atoms with Crippen molar-refractivity contribution < 1.29 is 14.0 Å². The maximum absolute atomic E-state index is 13.0. The lowest BCUT2D eigenvalue weighted by molar-refractivity contribution is -0.137. The van der Waals surface area contributed by atoms with Gasteiger partial charge in [-0.25, -0.2) is 0 Å². The quantitative estimate of drug-likeness (QED) is 0.778. The molecule has 1 atom stereocenters. The summed E-state index contributed by atoms with van der Waals surface area (Å²) < 4.78 is 5.18. The molecule has 0 radical (unpaired) electrons. The number of nitrogens with zero attached hydrogens (tertiary/aromatic N) is 5. The van der Waals surface area contributed by atoms with Crippen LogP contribution in [0.3, 0.4) is 0 Å². The molecule has 0 bridgehead atoms. The molecule has 2 aliphatic heterocycles. The second kappa shape index (κ2) is 8.18. The van der Waals surface area contributed by atoms with Gasteiger partial charge in [-0.15, -0.1) is 10.2 Å². The number of amides is 2. The Bertz CT molecular complexity index is 819. The molecule has 9 heteroatoms. The summed E-state index contributed by atoms with van der Waals surface area (Å²) >= 11 is 5.81. The number of anilines is 1. The Morgan fingerprint density at radius 3 is 2.50 bits per heavy atom. The SMILES string of the molecule is O=C(c1ccco1)N1CCN(C(=O)[C@H]2CCCN(c3ccc(Cl)nn3)C2)CC1. The smallest absolute Gasteiger partial charge is 0.289 e. The highest BCUT2D eigenvalue weighted by Crippen LogP contribution is 2.24. The van der Waals surface area contributed by atoms with E-state index in [1.807, 2.05) is 11.0 Å². The van der Waals surface area contributed by atoms with E-state index in [0.29, 0.717) is 43.6 Å². The van der Waals surface area contributed by atoms with Gasteiger partial charge < -0.3 is 19.1 Å². The van der Waals surface area contributed by atoms with Gasteiger partial charge in [0.05, 0.1) is 12.2 Å². The van der Waals surface area contributed by atoms with E-state index in [1.165, 1.54) is 6.26 Å². The summed E-state index contributed by atoms with van der Waals surface area (Å²) in [6.45, 7) is 3.60. The largest absolute Gasteiger partial charge is 0.459 e. The molecule has 0 N–H and O–H groups in total. The first kappa shape index (κ1) is 18.7. The molecule has 0 aromatic carbocycles.